The number of rotatable bonds is 11. The van der Waals surface area contributed by atoms with Gasteiger partial charge < -0.3 is 14.8 Å². The molecule has 3 N–H and O–H groups in total. The van der Waals surface area contributed by atoms with E-state index in [-0.39, 0.29) is 16.6 Å². The van der Waals surface area contributed by atoms with Crippen molar-refractivity contribution in [2.24, 2.45) is 0 Å². The van der Waals surface area contributed by atoms with Gasteiger partial charge >= 0.3 is 0 Å². The van der Waals surface area contributed by atoms with Crippen LogP contribution in [0, 0.1) is 0 Å². The number of nitrogens with one attached hydrogen (secondary N) is 3. The molecule has 1 amide bonds. The van der Waals surface area contributed by atoms with Crippen LogP contribution < -0.4 is 20.1 Å². The van der Waals surface area contributed by atoms with Gasteiger partial charge in [0, 0.05) is 18.8 Å². The lowest BCUT2D eigenvalue weighted by Gasteiger charge is -2.13. The highest BCUT2D eigenvalue weighted by molar-refractivity contribution is 7.89. The quantitative estimate of drug-likeness (QED) is 0.267. The lowest BCUT2D eigenvalue weighted by atomic mass is 10.2. The van der Waals surface area contributed by atoms with E-state index in [0.29, 0.717) is 36.8 Å². The van der Waals surface area contributed by atoms with Gasteiger partial charge in [-0.2, -0.15) is 0 Å². The Morgan fingerprint density at radius 3 is 2.52 bits per heavy atom. The number of thiocarbonyl (C=S) groups is 1. The van der Waals surface area contributed by atoms with E-state index in [1.165, 1.54) is 18.2 Å². The average Bonchev–Trinajstić information content (AvgIpc) is 2.76. The molecule has 0 aliphatic rings. The molecule has 0 radical (unpaired) electrons. The number of hydrogen-bond acceptors (Lipinski definition) is 6. The predicted octanol–water partition coefficient (Wildman–Crippen LogP) is 2.69. The molecule has 0 unspecified atom stereocenters. The molecule has 0 aromatic heterocycles. The van der Waals surface area contributed by atoms with Crippen molar-refractivity contribution >= 4 is 38.9 Å². The number of carbonyl (C=O) groups excluding carboxylic acids is 1. The minimum atomic E-state index is -3.61. The van der Waals surface area contributed by atoms with Crippen LogP contribution in [-0.2, 0) is 14.8 Å². The molecule has 2 rings (SSSR count). The smallest absolute Gasteiger partial charge is 0.261 e. The van der Waals surface area contributed by atoms with Crippen LogP contribution in [0.4, 0.5) is 5.69 Å². The first-order valence-corrected chi connectivity index (χ1v) is 11.4. The standard InChI is InChI=1S/C21H25N3O5S2/c1-3-13-22-31(26,27)17-11-9-16(10-12-17)23-21(30)24-20(25)18-7-5-6-8-19(18)29-15-14-28-4-2/h3,5-12,22H,1,4,13-15H2,2H3,(H2,23,24,25,30). The third-order valence-electron chi connectivity index (χ3n) is 3.89. The molecule has 10 heteroatoms. The van der Waals surface area contributed by atoms with Crippen molar-refractivity contribution in [2.75, 3.05) is 31.7 Å². The Morgan fingerprint density at radius 1 is 1.13 bits per heavy atom. The van der Waals surface area contributed by atoms with Gasteiger partial charge in [-0.1, -0.05) is 18.2 Å². The Labute approximate surface area is 187 Å². The highest BCUT2D eigenvalue weighted by atomic mass is 32.2. The van der Waals surface area contributed by atoms with Gasteiger partial charge in [-0.15, -0.1) is 6.58 Å². The molecule has 0 saturated carbocycles. The normalized spacial score (nSPS) is 10.9. The number of ether oxygens (including phenoxy) is 2. The molecule has 0 aliphatic carbocycles. The van der Waals surface area contributed by atoms with Crippen molar-refractivity contribution in [3.63, 3.8) is 0 Å². The number of benzene rings is 2. The third kappa shape index (κ3) is 7.76. The average molecular weight is 464 g/mol. The lowest BCUT2D eigenvalue weighted by Crippen LogP contribution is -2.34. The fraction of sp³-hybridized carbons (Fsp3) is 0.238. The van der Waals surface area contributed by atoms with Crippen molar-refractivity contribution in [3.8, 4) is 5.75 Å². The molecule has 0 fully saturated rings. The molecule has 8 nitrogen and oxygen atoms in total. The molecule has 0 spiro atoms. The summed E-state index contributed by atoms with van der Waals surface area (Å²) in [5.74, 6) is -0.0126. The summed E-state index contributed by atoms with van der Waals surface area (Å²) in [5.41, 5.74) is 0.854. The van der Waals surface area contributed by atoms with Gasteiger partial charge in [0.2, 0.25) is 10.0 Å². The summed E-state index contributed by atoms with van der Waals surface area (Å²) in [6, 6.07) is 12.8. The zero-order valence-electron chi connectivity index (χ0n) is 17.1. The van der Waals surface area contributed by atoms with E-state index >= 15 is 0 Å². The van der Waals surface area contributed by atoms with E-state index in [1.807, 2.05) is 6.92 Å². The molecule has 2 aromatic carbocycles. The van der Waals surface area contributed by atoms with Crippen LogP contribution in [-0.4, -0.2) is 45.8 Å². The van der Waals surface area contributed by atoms with Crippen LogP contribution in [0.5, 0.6) is 5.75 Å². The Kier molecular flexibility index (Phi) is 9.60. The molecule has 0 atom stereocenters. The zero-order valence-corrected chi connectivity index (χ0v) is 18.7. The fourth-order valence-electron chi connectivity index (χ4n) is 2.44. The maximum atomic E-state index is 12.6. The number of carbonyl (C=O) groups is 1. The van der Waals surface area contributed by atoms with Crippen LogP contribution in [0.1, 0.15) is 17.3 Å². The number of amides is 1. The summed E-state index contributed by atoms with van der Waals surface area (Å²) >= 11 is 5.20. The van der Waals surface area contributed by atoms with Crippen LogP contribution in [0.2, 0.25) is 0 Å². The van der Waals surface area contributed by atoms with E-state index < -0.39 is 15.9 Å². The monoisotopic (exact) mass is 463 g/mol. The van der Waals surface area contributed by atoms with Gasteiger partial charge in [-0.3, -0.25) is 10.1 Å². The lowest BCUT2D eigenvalue weighted by molar-refractivity contribution is 0.0958. The second-order valence-corrected chi connectivity index (χ2v) is 8.29. The summed E-state index contributed by atoms with van der Waals surface area (Å²) in [6.07, 6.45) is 1.46. The van der Waals surface area contributed by atoms with Crippen LogP contribution in [0.3, 0.4) is 0 Å². The van der Waals surface area contributed by atoms with Crippen LogP contribution in [0.15, 0.2) is 66.1 Å². The second-order valence-electron chi connectivity index (χ2n) is 6.11. The Bertz CT molecular complexity index is 1010. The number of hydrogen-bond donors (Lipinski definition) is 3. The topological polar surface area (TPSA) is 106 Å². The highest BCUT2D eigenvalue weighted by Gasteiger charge is 2.15. The van der Waals surface area contributed by atoms with Gasteiger partial charge in [0.1, 0.15) is 12.4 Å². The van der Waals surface area contributed by atoms with Crippen LogP contribution in [0.25, 0.3) is 0 Å². The SMILES string of the molecule is C=CCNS(=O)(=O)c1ccc(NC(=S)NC(=O)c2ccccc2OCCOCC)cc1. The first kappa shape index (κ1) is 24.5. The molecule has 2 aromatic rings. The number of sulfonamides is 1. The van der Waals surface area contributed by atoms with Gasteiger partial charge in [-0.25, -0.2) is 13.1 Å². The molecule has 0 bridgehead atoms. The Balaban J connectivity index is 1.97. The first-order chi connectivity index (χ1) is 14.9. The Morgan fingerprint density at radius 2 is 1.84 bits per heavy atom. The molecule has 0 heterocycles. The predicted molar refractivity (Wildman–Crippen MR) is 124 cm³/mol. The summed E-state index contributed by atoms with van der Waals surface area (Å²) in [5, 5.41) is 5.50. The number of anilines is 1. The highest BCUT2D eigenvalue weighted by Crippen LogP contribution is 2.18. The number of para-hydroxylation sites is 1. The van der Waals surface area contributed by atoms with Gasteiger partial charge in [0.15, 0.2) is 5.11 Å². The summed E-state index contributed by atoms with van der Waals surface area (Å²) in [4.78, 5) is 12.7. The van der Waals surface area contributed by atoms with Crippen molar-refractivity contribution in [1.29, 1.82) is 0 Å². The van der Waals surface area contributed by atoms with Crippen molar-refractivity contribution < 1.29 is 22.7 Å². The minimum Gasteiger partial charge on any atom is -0.490 e. The van der Waals surface area contributed by atoms with Crippen LogP contribution >= 0.6 is 12.2 Å². The molecule has 31 heavy (non-hydrogen) atoms. The molecule has 166 valence electrons. The zero-order chi connectivity index (χ0) is 22.7. The van der Waals surface area contributed by atoms with Crippen molar-refractivity contribution in [1.82, 2.24) is 10.0 Å². The maximum absolute atomic E-state index is 12.6. The van der Waals surface area contributed by atoms with E-state index in [9.17, 15) is 13.2 Å². The third-order valence-corrected chi connectivity index (χ3v) is 5.53. The minimum absolute atomic E-state index is 0.0644. The molecular formula is C21H25N3O5S2. The van der Waals surface area contributed by atoms with Gasteiger partial charge in [0.25, 0.3) is 5.91 Å². The van der Waals surface area contributed by atoms with Gasteiger partial charge in [0.05, 0.1) is 17.1 Å². The van der Waals surface area contributed by atoms with E-state index in [4.69, 9.17) is 21.7 Å². The molecule has 0 aliphatic heterocycles. The summed E-state index contributed by atoms with van der Waals surface area (Å²) in [6.45, 7) is 6.82. The molecule has 0 saturated heterocycles. The van der Waals surface area contributed by atoms with Crippen molar-refractivity contribution in [2.45, 2.75) is 11.8 Å². The van der Waals surface area contributed by atoms with E-state index in [0.717, 1.165) is 0 Å². The maximum Gasteiger partial charge on any atom is 0.261 e. The van der Waals surface area contributed by atoms with Gasteiger partial charge in [-0.05, 0) is 55.5 Å². The first-order valence-electron chi connectivity index (χ1n) is 9.50. The molecular weight excluding hydrogens is 438 g/mol. The van der Waals surface area contributed by atoms with E-state index in [2.05, 4.69) is 21.9 Å². The largest absolute Gasteiger partial charge is 0.490 e. The van der Waals surface area contributed by atoms with Crippen molar-refractivity contribution in [3.05, 3.63) is 66.7 Å². The fourth-order valence-corrected chi connectivity index (χ4v) is 3.65. The Hall–Kier alpha value is -2.79. The van der Waals surface area contributed by atoms with E-state index in [1.54, 1.807) is 36.4 Å². The summed E-state index contributed by atoms with van der Waals surface area (Å²) < 4.78 is 37.4. The second kappa shape index (κ2) is 12.2. The summed E-state index contributed by atoms with van der Waals surface area (Å²) in [7, 11) is -3.61.